The number of non-ortho nitro benzene ring substituents is 2. The van der Waals surface area contributed by atoms with Crippen LogP contribution in [0.25, 0.3) is 0 Å². The zero-order valence-corrected chi connectivity index (χ0v) is 19.5. The van der Waals surface area contributed by atoms with Crippen LogP contribution in [-0.2, 0) is 10.0 Å². The van der Waals surface area contributed by atoms with Gasteiger partial charge in [0, 0.05) is 23.9 Å². The minimum Gasteiger partial charge on any atom is -0.279 e. The summed E-state index contributed by atoms with van der Waals surface area (Å²) in [6, 6.07) is 13.0. The summed E-state index contributed by atoms with van der Waals surface area (Å²) in [5.74, 6) is -0.931. The normalized spacial score (nSPS) is 11.4. The van der Waals surface area contributed by atoms with E-state index in [4.69, 9.17) is 0 Å². The monoisotopic (exact) mass is 528 g/mol. The van der Waals surface area contributed by atoms with Gasteiger partial charge in [-0.15, -0.1) is 0 Å². The number of nitro groups is 3. The van der Waals surface area contributed by atoms with Crippen LogP contribution in [0, 0.1) is 30.3 Å². The second-order valence-corrected chi connectivity index (χ2v) is 8.95. The molecule has 15 nitrogen and oxygen atoms in total. The summed E-state index contributed by atoms with van der Waals surface area (Å²) in [5, 5.41) is 37.0. The van der Waals surface area contributed by atoms with Crippen molar-refractivity contribution in [3.8, 4) is 0 Å². The van der Waals surface area contributed by atoms with Gasteiger partial charge in [0.25, 0.3) is 33.0 Å². The van der Waals surface area contributed by atoms with Crippen LogP contribution in [0.5, 0.6) is 0 Å². The minimum absolute atomic E-state index is 0.0997. The van der Waals surface area contributed by atoms with Gasteiger partial charge in [-0.25, -0.2) is 13.8 Å². The van der Waals surface area contributed by atoms with E-state index in [0.29, 0.717) is 5.56 Å². The summed E-state index contributed by atoms with van der Waals surface area (Å²) in [6.07, 6.45) is 0. The van der Waals surface area contributed by atoms with Gasteiger partial charge in [0.15, 0.2) is 4.90 Å². The largest absolute Gasteiger partial charge is 0.289 e. The number of sulfonamides is 1. The number of nitro benzene ring substituents is 3. The maximum absolute atomic E-state index is 12.6. The number of amides is 1. The van der Waals surface area contributed by atoms with Crippen LogP contribution in [0.1, 0.15) is 22.8 Å². The third kappa shape index (κ3) is 6.25. The molecule has 0 fully saturated rings. The average molecular weight is 528 g/mol. The first-order valence-electron chi connectivity index (χ1n) is 10.0. The van der Waals surface area contributed by atoms with Crippen LogP contribution in [0.4, 0.5) is 22.7 Å². The molecule has 0 aromatic heterocycles. The fraction of sp³-hybridized carbons (Fsp3) is 0.0476. The van der Waals surface area contributed by atoms with Crippen molar-refractivity contribution in [2.45, 2.75) is 11.8 Å². The smallest absolute Gasteiger partial charge is 0.279 e. The second kappa shape index (κ2) is 10.6. The second-order valence-electron chi connectivity index (χ2n) is 7.30. The van der Waals surface area contributed by atoms with E-state index < -0.39 is 52.7 Å². The minimum atomic E-state index is -4.27. The molecule has 3 aromatic carbocycles. The molecular weight excluding hydrogens is 512 g/mol. The molecule has 16 heteroatoms. The Hall–Kier alpha value is -5.25. The van der Waals surface area contributed by atoms with Crippen LogP contribution in [-0.4, -0.2) is 34.8 Å². The Kier molecular flexibility index (Phi) is 7.53. The lowest BCUT2D eigenvalue weighted by atomic mass is 10.1. The highest BCUT2D eigenvalue weighted by atomic mass is 32.2. The first-order valence-corrected chi connectivity index (χ1v) is 11.5. The highest BCUT2D eigenvalue weighted by Crippen LogP contribution is 2.26. The molecule has 0 saturated heterocycles. The predicted molar refractivity (Wildman–Crippen MR) is 130 cm³/mol. The van der Waals surface area contributed by atoms with E-state index in [1.54, 1.807) is 0 Å². The molecule has 0 aliphatic carbocycles. The van der Waals surface area contributed by atoms with Crippen molar-refractivity contribution < 1.29 is 28.0 Å². The van der Waals surface area contributed by atoms with Gasteiger partial charge in [0.2, 0.25) is 0 Å². The lowest BCUT2D eigenvalue weighted by molar-refractivity contribution is -0.394. The topological polar surface area (TPSA) is 217 Å². The molecule has 3 rings (SSSR count). The van der Waals surface area contributed by atoms with Crippen molar-refractivity contribution in [2.24, 2.45) is 5.10 Å². The van der Waals surface area contributed by atoms with Crippen molar-refractivity contribution >= 4 is 44.4 Å². The van der Waals surface area contributed by atoms with E-state index in [0.717, 1.165) is 30.3 Å². The molecule has 2 N–H and O–H groups in total. The van der Waals surface area contributed by atoms with Crippen molar-refractivity contribution in [3.63, 3.8) is 0 Å². The number of benzene rings is 3. The quantitative estimate of drug-likeness (QED) is 0.236. The molecule has 0 heterocycles. The first-order chi connectivity index (χ1) is 17.4. The molecule has 0 spiro atoms. The van der Waals surface area contributed by atoms with E-state index in [1.807, 2.05) is 0 Å². The molecule has 1 amide bonds. The number of nitrogens with zero attached hydrogens (tertiary/aromatic N) is 4. The number of para-hydroxylation sites is 1. The maximum Gasteiger partial charge on any atom is 0.289 e. The van der Waals surface area contributed by atoms with Crippen LogP contribution in [0.2, 0.25) is 0 Å². The summed E-state index contributed by atoms with van der Waals surface area (Å²) < 4.78 is 27.5. The predicted octanol–water partition coefficient (Wildman–Crippen LogP) is 3.37. The Bertz CT molecular complexity index is 1520. The van der Waals surface area contributed by atoms with Crippen molar-refractivity contribution in [3.05, 3.63) is 108 Å². The Labute approximate surface area is 207 Å². The first kappa shape index (κ1) is 26.4. The molecular formula is C21H16N6O9S. The highest BCUT2D eigenvalue weighted by molar-refractivity contribution is 7.92. The summed E-state index contributed by atoms with van der Waals surface area (Å²) in [5.41, 5.74) is 0.730. The lowest BCUT2D eigenvalue weighted by Crippen LogP contribution is -2.19. The van der Waals surface area contributed by atoms with Crippen LogP contribution >= 0.6 is 0 Å². The standard InChI is InChI=1S/C21H16N6O9S/c1-13(22-23-21(28)15-10-17(25(29)30)12-18(11-15)26(31)32)14-6-8-16(9-7-14)24-37(35,36)20-5-3-2-4-19(20)27(33)34/h2-12,24H,1H3,(H,23,28)/b22-13+. The SMILES string of the molecule is C/C(=N\NC(=O)c1cc([N+](=O)[O-])cc([N+](=O)[O-])c1)c1ccc(NS(=O)(=O)c2ccccc2[N+](=O)[O-])cc1. The third-order valence-electron chi connectivity index (χ3n) is 4.82. The third-order valence-corrected chi connectivity index (χ3v) is 6.25. The zero-order chi connectivity index (χ0) is 27.3. The Morgan fingerprint density at radius 2 is 1.38 bits per heavy atom. The lowest BCUT2D eigenvalue weighted by Gasteiger charge is -2.09. The number of hydrazone groups is 1. The molecule has 0 bridgehead atoms. The Morgan fingerprint density at radius 3 is 1.92 bits per heavy atom. The number of anilines is 1. The van der Waals surface area contributed by atoms with E-state index in [2.05, 4.69) is 15.2 Å². The van der Waals surface area contributed by atoms with Gasteiger partial charge in [0.1, 0.15) is 0 Å². The molecule has 0 aliphatic heterocycles. The number of hydrogen-bond acceptors (Lipinski definition) is 10. The maximum atomic E-state index is 12.6. The van der Waals surface area contributed by atoms with Gasteiger partial charge in [-0.3, -0.25) is 39.9 Å². The van der Waals surface area contributed by atoms with Crippen molar-refractivity contribution in [2.75, 3.05) is 4.72 Å². The van der Waals surface area contributed by atoms with Crippen LogP contribution in [0.3, 0.4) is 0 Å². The van der Waals surface area contributed by atoms with Crippen molar-refractivity contribution in [1.82, 2.24) is 5.43 Å². The number of carbonyl (C=O) groups excluding carboxylic acids is 1. The highest BCUT2D eigenvalue weighted by Gasteiger charge is 2.25. The van der Waals surface area contributed by atoms with Gasteiger partial charge in [0.05, 0.1) is 32.1 Å². The van der Waals surface area contributed by atoms with Crippen molar-refractivity contribution in [1.29, 1.82) is 0 Å². The van der Waals surface area contributed by atoms with E-state index >= 15 is 0 Å². The number of hydrogen-bond donors (Lipinski definition) is 2. The number of nitrogens with one attached hydrogen (secondary N) is 2. The fourth-order valence-corrected chi connectivity index (χ4v) is 4.26. The van der Waals surface area contributed by atoms with Gasteiger partial charge in [-0.2, -0.15) is 5.10 Å². The summed E-state index contributed by atoms with van der Waals surface area (Å²) in [6.45, 7) is 1.50. The van der Waals surface area contributed by atoms with E-state index in [9.17, 15) is 43.6 Å². The molecule has 190 valence electrons. The van der Waals surface area contributed by atoms with Gasteiger partial charge in [-0.05, 0) is 30.7 Å². The molecule has 0 aliphatic rings. The summed E-state index contributed by atoms with van der Waals surface area (Å²) in [4.78, 5) is 42.4. The molecule has 0 atom stereocenters. The molecule has 0 unspecified atom stereocenters. The molecule has 0 radical (unpaired) electrons. The zero-order valence-electron chi connectivity index (χ0n) is 18.7. The van der Waals surface area contributed by atoms with Gasteiger partial charge < -0.3 is 0 Å². The van der Waals surface area contributed by atoms with Crippen LogP contribution in [0.15, 0.2) is 76.7 Å². The average Bonchev–Trinajstić information content (AvgIpc) is 2.86. The van der Waals surface area contributed by atoms with Gasteiger partial charge >= 0.3 is 0 Å². The number of carbonyl (C=O) groups is 1. The van der Waals surface area contributed by atoms with E-state index in [1.165, 1.54) is 43.3 Å². The Balaban J connectivity index is 1.76. The summed E-state index contributed by atoms with van der Waals surface area (Å²) in [7, 11) is -4.27. The molecule has 37 heavy (non-hydrogen) atoms. The summed E-state index contributed by atoms with van der Waals surface area (Å²) >= 11 is 0. The van der Waals surface area contributed by atoms with Crippen LogP contribution < -0.4 is 10.1 Å². The fourth-order valence-electron chi connectivity index (χ4n) is 3.03. The molecule has 3 aromatic rings. The molecule has 0 saturated carbocycles. The number of rotatable bonds is 9. The Morgan fingerprint density at radius 1 is 0.811 bits per heavy atom. The van der Waals surface area contributed by atoms with Gasteiger partial charge in [-0.1, -0.05) is 24.3 Å². The van der Waals surface area contributed by atoms with E-state index in [-0.39, 0.29) is 17.0 Å².